The van der Waals surface area contributed by atoms with Gasteiger partial charge in [-0.1, -0.05) is 0 Å². The van der Waals surface area contributed by atoms with Gasteiger partial charge in [0.05, 0.1) is 0 Å². The molecule has 0 atom stereocenters. The molecule has 0 spiro atoms. The number of hydrogen-bond donors (Lipinski definition) is 0. The van der Waals surface area contributed by atoms with Crippen molar-refractivity contribution >= 4 is 3.27 Å². The van der Waals surface area contributed by atoms with Crippen LogP contribution in [-0.2, 0) is 29.7 Å². The van der Waals surface area contributed by atoms with Gasteiger partial charge in [0, 0.05) is 0 Å². The first-order chi connectivity index (χ1) is 12.3. The normalized spacial score (nSPS) is 13.8. The van der Waals surface area contributed by atoms with Crippen LogP contribution in [0.5, 0.6) is 5.75 Å². The summed E-state index contributed by atoms with van der Waals surface area (Å²) in [5, 5.41) is 0. The Morgan fingerprint density at radius 2 is 1.78 bits per heavy atom. The van der Waals surface area contributed by atoms with Crippen LogP contribution >= 0.6 is 0 Å². The molecule has 2 aromatic rings. The van der Waals surface area contributed by atoms with Gasteiger partial charge in [-0.2, -0.15) is 0 Å². The summed E-state index contributed by atoms with van der Waals surface area (Å²) in [6, 6.07) is 13.4. The fraction of sp³-hybridized carbons (Fsp3) is 0.304. The molecule has 4 rings (SSSR count). The van der Waals surface area contributed by atoms with E-state index in [-0.39, 0.29) is 24.8 Å². The van der Waals surface area contributed by atoms with Gasteiger partial charge in [-0.3, -0.25) is 0 Å². The first-order valence-electron chi connectivity index (χ1n) is 9.23. The van der Waals surface area contributed by atoms with E-state index in [1.54, 1.807) is 30.4 Å². The average molecular weight is 479 g/mol. The van der Waals surface area contributed by atoms with E-state index in [0.29, 0.717) is 0 Å². The third kappa shape index (κ3) is 4.00. The molecule has 0 N–H and O–H groups in total. The van der Waals surface area contributed by atoms with Crippen molar-refractivity contribution in [3.05, 3.63) is 68.0 Å². The predicted octanol–water partition coefficient (Wildman–Crippen LogP) is -0.614. The molecule has 2 aromatic carbocycles. The monoisotopic (exact) mass is 476 g/mol. The van der Waals surface area contributed by atoms with Crippen LogP contribution in [-0.4, -0.2) is 7.11 Å². The number of fused-ring (bicyclic) bond motifs is 3. The van der Waals surface area contributed by atoms with Crippen molar-refractivity contribution < 1.29 is 52.8 Å². The zero-order valence-electron chi connectivity index (χ0n) is 16.0. The zero-order chi connectivity index (χ0) is 17.4. The summed E-state index contributed by atoms with van der Waals surface area (Å²) < 4.78 is 9.14. The van der Waals surface area contributed by atoms with E-state index in [4.69, 9.17) is 4.74 Å². The van der Waals surface area contributed by atoms with Crippen LogP contribution in [0.3, 0.4) is 0 Å². The maximum absolute atomic E-state index is 5.71. The van der Waals surface area contributed by atoms with E-state index in [1.807, 2.05) is 0 Å². The summed E-state index contributed by atoms with van der Waals surface area (Å²) >= 11 is -0.758. The average Bonchev–Trinajstić information content (AvgIpc) is 3.23. The van der Waals surface area contributed by atoms with Crippen LogP contribution in [0.15, 0.2) is 56.9 Å². The number of halogens is 2. The molecule has 0 unspecified atom stereocenters. The van der Waals surface area contributed by atoms with Crippen LogP contribution in [0.2, 0.25) is 0 Å². The van der Waals surface area contributed by atoms with Crippen molar-refractivity contribution in [1.29, 1.82) is 0 Å². The van der Waals surface area contributed by atoms with Crippen molar-refractivity contribution in [2.45, 2.75) is 39.5 Å². The van der Waals surface area contributed by atoms with E-state index < -0.39 is 23.2 Å². The molecule has 2 aliphatic rings. The fourth-order valence-corrected chi connectivity index (χ4v) is 8.06. The summed E-state index contributed by atoms with van der Waals surface area (Å²) in [6.07, 6.45) is 7.12. The Morgan fingerprint density at radius 3 is 2.48 bits per heavy atom. The Morgan fingerprint density at radius 1 is 1.00 bits per heavy atom. The number of hydrogen-bond acceptors (Lipinski definition) is 1. The molecular weight excluding hydrogens is 454 g/mol. The van der Waals surface area contributed by atoms with E-state index in [0.717, 1.165) is 12.2 Å². The van der Waals surface area contributed by atoms with Gasteiger partial charge in [-0.15, -0.1) is 0 Å². The second-order valence-electron chi connectivity index (χ2n) is 6.73. The van der Waals surface area contributed by atoms with Crippen LogP contribution < -0.4 is 32.8 Å². The summed E-state index contributed by atoms with van der Waals surface area (Å²) in [6.45, 7) is 4.61. The van der Waals surface area contributed by atoms with Crippen LogP contribution in [0, 0.1) is 0 Å². The van der Waals surface area contributed by atoms with Crippen molar-refractivity contribution in [3.63, 3.8) is 0 Å². The molecule has 140 valence electrons. The van der Waals surface area contributed by atoms with Gasteiger partial charge in [0.25, 0.3) is 0 Å². The first-order valence-corrected chi connectivity index (χ1v) is 11.7. The summed E-state index contributed by atoms with van der Waals surface area (Å²) in [5.74, 6) is 1.03. The topological polar surface area (TPSA) is 9.23 Å². The molecule has 1 nitrogen and oxygen atoms in total. The predicted molar refractivity (Wildman–Crippen MR) is 101 cm³/mol. The molecule has 0 radical (unpaired) electrons. The molecular formula is C23H24Cl2OZr. The van der Waals surface area contributed by atoms with Crippen molar-refractivity contribution in [2.75, 3.05) is 7.11 Å². The van der Waals surface area contributed by atoms with Gasteiger partial charge >= 0.3 is 163 Å². The van der Waals surface area contributed by atoms with Gasteiger partial charge in [0.1, 0.15) is 0 Å². The van der Waals surface area contributed by atoms with Crippen LogP contribution in [0.4, 0.5) is 0 Å². The Bertz CT molecular complexity index is 899. The second-order valence-corrected chi connectivity index (χ2v) is 10.1. The minimum Gasteiger partial charge on any atom is -1.00 e. The molecule has 4 heteroatoms. The molecule has 0 heterocycles. The number of benzene rings is 2. The third-order valence-corrected chi connectivity index (χ3v) is 9.27. The molecule has 0 saturated heterocycles. The Balaban J connectivity index is 0.00000131. The maximum Gasteiger partial charge on any atom is -1.00 e. The summed E-state index contributed by atoms with van der Waals surface area (Å²) in [4.78, 5) is 0. The van der Waals surface area contributed by atoms with Gasteiger partial charge in [-0.05, 0) is 0 Å². The smallest absolute Gasteiger partial charge is 1.00 e. The SMILES string of the molecule is CCC1=CC[C]([Zr+2][c]2ccc(OC)c3c2Cc2ccccc2-3)=C1CC.[Cl-].[Cl-]. The van der Waals surface area contributed by atoms with Crippen LogP contribution in [0.25, 0.3) is 11.1 Å². The zero-order valence-corrected chi connectivity index (χ0v) is 20.0. The second kappa shape index (κ2) is 9.59. The van der Waals surface area contributed by atoms with Crippen molar-refractivity contribution in [3.8, 4) is 16.9 Å². The van der Waals surface area contributed by atoms with Crippen molar-refractivity contribution in [2.24, 2.45) is 0 Å². The minimum absolute atomic E-state index is 0. The molecule has 0 fully saturated rings. The fourth-order valence-electron chi connectivity index (χ4n) is 4.25. The summed E-state index contributed by atoms with van der Waals surface area (Å²) in [5.41, 5.74) is 9.00. The Kier molecular flexibility index (Phi) is 7.98. The van der Waals surface area contributed by atoms with E-state index >= 15 is 0 Å². The molecule has 0 aliphatic heterocycles. The molecule has 0 saturated carbocycles. The Labute approximate surface area is 186 Å². The van der Waals surface area contributed by atoms with E-state index in [9.17, 15) is 0 Å². The number of allylic oxidation sites excluding steroid dienone is 4. The molecule has 0 bridgehead atoms. The molecule has 0 aromatic heterocycles. The molecule has 27 heavy (non-hydrogen) atoms. The number of methoxy groups -OCH3 is 1. The van der Waals surface area contributed by atoms with E-state index in [1.165, 1.54) is 36.0 Å². The van der Waals surface area contributed by atoms with Gasteiger partial charge in [0.15, 0.2) is 0 Å². The molecule has 2 aliphatic carbocycles. The van der Waals surface area contributed by atoms with Gasteiger partial charge < -0.3 is 24.8 Å². The standard InChI is InChI=1S/C14H11O.C9H13.2ClH.Zr/c1-15-13-8-4-6-11-9-10-5-2-3-7-12(10)14(11)13;1-3-8-6-5-7-9(8)4-2;;;/h2-5,7-8H,9H2,1H3;6H,3-5H2,1-2H3;2*1H;/q;;;;+2/p-2. The Hall–Kier alpha value is -0.817. The van der Waals surface area contributed by atoms with Crippen LogP contribution in [0.1, 0.15) is 44.2 Å². The van der Waals surface area contributed by atoms with Gasteiger partial charge in [-0.25, -0.2) is 0 Å². The van der Waals surface area contributed by atoms with Gasteiger partial charge in [0.2, 0.25) is 0 Å². The summed E-state index contributed by atoms with van der Waals surface area (Å²) in [7, 11) is 1.79. The van der Waals surface area contributed by atoms with E-state index in [2.05, 4.69) is 56.3 Å². The quantitative estimate of drug-likeness (QED) is 0.476. The first kappa shape index (κ1) is 22.5. The third-order valence-electron chi connectivity index (χ3n) is 5.47. The maximum atomic E-state index is 5.71. The largest absolute Gasteiger partial charge is 1.00 e. The van der Waals surface area contributed by atoms with Crippen molar-refractivity contribution in [1.82, 2.24) is 0 Å². The molecule has 0 amide bonds. The number of ether oxygens (including phenoxy) is 1. The number of rotatable bonds is 5. The minimum atomic E-state index is -0.758.